The number of nitrogen functional groups attached to an aromatic ring is 1. The minimum Gasteiger partial charge on any atom is -0.399 e. The van der Waals surface area contributed by atoms with Crippen LogP contribution in [0.1, 0.15) is 22.8 Å². The number of fused-ring (bicyclic) bond motifs is 1. The molecule has 3 aromatic carbocycles. The van der Waals surface area contributed by atoms with Gasteiger partial charge in [0.15, 0.2) is 0 Å². The molecule has 3 aromatic rings. The normalized spacial score (nSPS) is 12.5. The van der Waals surface area contributed by atoms with Gasteiger partial charge in [-0.05, 0) is 40.5 Å². The highest BCUT2D eigenvalue weighted by Crippen LogP contribution is 2.30. The molecule has 3 rings (SSSR count). The van der Waals surface area contributed by atoms with E-state index in [-0.39, 0.29) is 0 Å². The molecule has 0 bridgehead atoms. The van der Waals surface area contributed by atoms with Crippen LogP contribution in [0.25, 0.3) is 10.8 Å². The van der Waals surface area contributed by atoms with Gasteiger partial charge in [0.1, 0.15) is 6.10 Å². The number of aryl methyl sites for hydroxylation is 1. The molecule has 100 valence electrons. The summed E-state index contributed by atoms with van der Waals surface area (Å²) in [4.78, 5) is 0. The topological polar surface area (TPSA) is 46.2 Å². The molecule has 3 N–H and O–H groups in total. The highest BCUT2D eigenvalue weighted by Gasteiger charge is 2.13. The van der Waals surface area contributed by atoms with E-state index in [4.69, 9.17) is 5.73 Å². The van der Waals surface area contributed by atoms with Crippen LogP contribution in [0.5, 0.6) is 0 Å². The van der Waals surface area contributed by atoms with Crippen molar-refractivity contribution in [1.29, 1.82) is 0 Å². The third-order valence-corrected chi connectivity index (χ3v) is 3.73. The van der Waals surface area contributed by atoms with Gasteiger partial charge in [0.2, 0.25) is 0 Å². The van der Waals surface area contributed by atoms with Crippen molar-refractivity contribution in [3.05, 3.63) is 77.4 Å². The Morgan fingerprint density at radius 2 is 1.70 bits per heavy atom. The molecule has 0 radical (unpaired) electrons. The van der Waals surface area contributed by atoms with E-state index in [1.165, 1.54) is 0 Å². The zero-order chi connectivity index (χ0) is 14.1. The van der Waals surface area contributed by atoms with Crippen molar-refractivity contribution in [2.24, 2.45) is 0 Å². The van der Waals surface area contributed by atoms with Crippen molar-refractivity contribution in [2.75, 3.05) is 5.73 Å². The first-order valence-electron chi connectivity index (χ1n) is 6.68. The highest BCUT2D eigenvalue weighted by atomic mass is 16.3. The molecule has 0 saturated heterocycles. The molecule has 0 aliphatic heterocycles. The Morgan fingerprint density at radius 3 is 2.50 bits per heavy atom. The average molecular weight is 263 g/mol. The second-order valence-electron chi connectivity index (χ2n) is 5.09. The smallest absolute Gasteiger partial charge is 0.105 e. The van der Waals surface area contributed by atoms with Crippen molar-refractivity contribution in [2.45, 2.75) is 13.0 Å². The van der Waals surface area contributed by atoms with Gasteiger partial charge in [0, 0.05) is 5.69 Å². The van der Waals surface area contributed by atoms with Crippen molar-refractivity contribution in [3.8, 4) is 0 Å². The van der Waals surface area contributed by atoms with Crippen LogP contribution in [-0.4, -0.2) is 5.11 Å². The first-order valence-corrected chi connectivity index (χ1v) is 6.68. The van der Waals surface area contributed by atoms with Crippen molar-refractivity contribution >= 4 is 16.5 Å². The second kappa shape index (κ2) is 4.99. The van der Waals surface area contributed by atoms with Gasteiger partial charge in [-0.15, -0.1) is 0 Å². The number of hydrogen-bond donors (Lipinski definition) is 2. The summed E-state index contributed by atoms with van der Waals surface area (Å²) in [6.07, 6.45) is -0.639. The zero-order valence-corrected chi connectivity index (χ0v) is 11.4. The summed E-state index contributed by atoms with van der Waals surface area (Å²) in [5.74, 6) is 0. The van der Waals surface area contributed by atoms with Crippen LogP contribution in [0.3, 0.4) is 0 Å². The van der Waals surface area contributed by atoms with E-state index in [9.17, 15) is 5.11 Å². The summed E-state index contributed by atoms with van der Waals surface area (Å²) >= 11 is 0. The van der Waals surface area contributed by atoms with Crippen molar-refractivity contribution < 1.29 is 5.11 Å². The molecule has 2 nitrogen and oxygen atoms in total. The van der Waals surface area contributed by atoms with Crippen LogP contribution in [0.4, 0.5) is 5.69 Å². The Labute approximate surface area is 118 Å². The largest absolute Gasteiger partial charge is 0.399 e. The predicted molar refractivity (Wildman–Crippen MR) is 83.6 cm³/mol. The lowest BCUT2D eigenvalue weighted by Gasteiger charge is -2.15. The molecule has 2 heteroatoms. The number of hydrogen-bond acceptors (Lipinski definition) is 2. The van der Waals surface area contributed by atoms with Gasteiger partial charge in [0.25, 0.3) is 0 Å². The fraction of sp³-hybridized carbons (Fsp3) is 0.111. The molecule has 0 aliphatic carbocycles. The van der Waals surface area contributed by atoms with E-state index in [1.54, 1.807) is 0 Å². The Hall–Kier alpha value is -2.32. The molecule has 1 atom stereocenters. The van der Waals surface area contributed by atoms with E-state index >= 15 is 0 Å². The molecular weight excluding hydrogens is 246 g/mol. The van der Waals surface area contributed by atoms with Gasteiger partial charge in [-0.2, -0.15) is 0 Å². The molecule has 0 aromatic heterocycles. The minimum absolute atomic E-state index is 0.639. The lowest BCUT2D eigenvalue weighted by molar-refractivity contribution is 0.222. The zero-order valence-electron chi connectivity index (χ0n) is 11.4. The monoisotopic (exact) mass is 263 g/mol. The maximum atomic E-state index is 10.7. The maximum Gasteiger partial charge on any atom is 0.105 e. The van der Waals surface area contributed by atoms with E-state index in [1.807, 2.05) is 55.5 Å². The van der Waals surface area contributed by atoms with Gasteiger partial charge in [-0.1, -0.05) is 54.6 Å². The second-order valence-corrected chi connectivity index (χ2v) is 5.09. The number of aliphatic hydroxyl groups excluding tert-OH is 1. The minimum atomic E-state index is -0.639. The van der Waals surface area contributed by atoms with Gasteiger partial charge in [-0.25, -0.2) is 0 Å². The number of nitrogens with two attached hydrogens (primary N) is 1. The lowest BCUT2D eigenvalue weighted by Crippen LogP contribution is -2.02. The fourth-order valence-electron chi connectivity index (χ4n) is 2.54. The van der Waals surface area contributed by atoms with Gasteiger partial charge in [0.05, 0.1) is 0 Å². The Kier molecular flexibility index (Phi) is 3.17. The summed E-state index contributed by atoms with van der Waals surface area (Å²) in [6, 6.07) is 19.8. The molecule has 0 aliphatic rings. The molecule has 0 saturated carbocycles. The molecule has 0 spiro atoms. The Balaban J connectivity index is 2.12. The Bertz CT molecular complexity index is 759. The van der Waals surface area contributed by atoms with Crippen LogP contribution >= 0.6 is 0 Å². The van der Waals surface area contributed by atoms with Crippen LogP contribution in [-0.2, 0) is 0 Å². The van der Waals surface area contributed by atoms with Crippen LogP contribution in [0, 0.1) is 6.92 Å². The van der Waals surface area contributed by atoms with E-state index < -0.39 is 6.10 Å². The van der Waals surface area contributed by atoms with Crippen molar-refractivity contribution in [1.82, 2.24) is 0 Å². The van der Waals surface area contributed by atoms with E-state index in [0.717, 1.165) is 33.2 Å². The van der Waals surface area contributed by atoms with E-state index in [0.29, 0.717) is 0 Å². The van der Waals surface area contributed by atoms with Gasteiger partial charge >= 0.3 is 0 Å². The molecular formula is C18H17NO. The van der Waals surface area contributed by atoms with Crippen LogP contribution < -0.4 is 5.73 Å². The Morgan fingerprint density at radius 1 is 0.950 bits per heavy atom. The van der Waals surface area contributed by atoms with Crippen LogP contribution in [0.2, 0.25) is 0 Å². The first-order chi connectivity index (χ1) is 9.66. The van der Waals surface area contributed by atoms with E-state index in [2.05, 4.69) is 12.1 Å². The SMILES string of the molecule is Cc1cc([C@H](O)c2cccc3ccccc23)ccc1N. The molecule has 20 heavy (non-hydrogen) atoms. The quantitative estimate of drug-likeness (QED) is 0.691. The summed E-state index contributed by atoms with van der Waals surface area (Å²) < 4.78 is 0. The standard InChI is InChI=1S/C18H17NO/c1-12-11-14(9-10-17(12)19)18(20)16-8-4-6-13-5-2-3-7-15(13)16/h2-11,18,20H,19H2,1H3/t18-/m0/s1. The molecule has 0 amide bonds. The third kappa shape index (κ3) is 2.15. The van der Waals surface area contributed by atoms with Gasteiger partial charge < -0.3 is 10.8 Å². The average Bonchev–Trinajstić information content (AvgIpc) is 2.49. The third-order valence-electron chi connectivity index (χ3n) is 3.73. The van der Waals surface area contributed by atoms with Crippen LogP contribution in [0.15, 0.2) is 60.7 Å². The summed E-state index contributed by atoms with van der Waals surface area (Å²) in [5.41, 5.74) is 9.37. The van der Waals surface area contributed by atoms with Crippen molar-refractivity contribution in [3.63, 3.8) is 0 Å². The lowest BCUT2D eigenvalue weighted by atomic mass is 9.95. The highest BCUT2D eigenvalue weighted by molar-refractivity contribution is 5.86. The number of anilines is 1. The summed E-state index contributed by atoms with van der Waals surface area (Å²) in [6.45, 7) is 1.95. The molecule has 0 unspecified atom stereocenters. The number of benzene rings is 3. The van der Waals surface area contributed by atoms with Gasteiger partial charge in [-0.3, -0.25) is 0 Å². The summed E-state index contributed by atoms with van der Waals surface area (Å²) in [7, 11) is 0. The molecule has 0 heterocycles. The fourth-order valence-corrected chi connectivity index (χ4v) is 2.54. The molecule has 0 fully saturated rings. The number of aliphatic hydroxyl groups is 1. The predicted octanol–water partition coefficient (Wildman–Crippen LogP) is 3.81. The maximum absolute atomic E-state index is 10.7. The number of rotatable bonds is 2. The first kappa shape index (κ1) is 12.7. The summed E-state index contributed by atoms with van der Waals surface area (Å²) in [5, 5.41) is 12.9.